The summed E-state index contributed by atoms with van der Waals surface area (Å²) in [6, 6.07) is 20.9. The summed E-state index contributed by atoms with van der Waals surface area (Å²) in [7, 11) is 0. The predicted octanol–water partition coefficient (Wildman–Crippen LogP) is 7.19. The molecule has 25 heavy (non-hydrogen) atoms. The van der Waals surface area contributed by atoms with Crippen molar-refractivity contribution in [3.63, 3.8) is 0 Å². The minimum Gasteiger partial charge on any atom is -0.457 e. The first-order valence-electron chi connectivity index (χ1n) is 8.34. The zero-order valence-corrected chi connectivity index (χ0v) is 15.9. The van der Waals surface area contributed by atoms with Crippen LogP contribution in [-0.4, -0.2) is 0 Å². The fourth-order valence-electron chi connectivity index (χ4n) is 3.56. The first kappa shape index (κ1) is 16.2. The van der Waals surface area contributed by atoms with Crippen LogP contribution in [0.1, 0.15) is 30.5 Å². The zero-order chi connectivity index (χ0) is 17.6. The summed E-state index contributed by atoms with van der Waals surface area (Å²) in [6.45, 7) is 8.32. The Bertz CT molecular complexity index is 968. The highest BCUT2D eigenvalue weighted by Crippen LogP contribution is 2.50. The summed E-state index contributed by atoms with van der Waals surface area (Å²) in [6.07, 6.45) is 1.83. The topological polar surface area (TPSA) is 9.23 Å². The van der Waals surface area contributed by atoms with Gasteiger partial charge in [-0.1, -0.05) is 66.7 Å². The van der Waals surface area contributed by atoms with Crippen LogP contribution in [0.3, 0.4) is 0 Å². The first-order valence-corrected chi connectivity index (χ1v) is 9.13. The van der Waals surface area contributed by atoms with Crippen LogP contribution in [0.2, 0.25) is 0 Å². The van der Waals surface area contributed by atoms with Gasteiger partial charge >= 0.3 is 0 Å². The van der Waals surface area contributed by atoms with Crippen molar-refractivity contribution in [2.75, 3.05) is 0 Å². The Morgan fingerprint density at radius 2 is 1.44 bits per heavy atom. The SMILES string of the molecule is C=Cc1ccc(Oc2ccc3c(c2)C(C)(C)c2cc(Br)ccc2-3)cc1. The van der Waals surface area contributed by atoms with Gasteiger partial charge in [0.15, 0.2) is 0 Å². The van der Waals surface area contributed by atoms with Gasteiger partial charge in [0.25, 0.3) is 0 Å². The van der Waals surface area contributed by atoms with Gasteiger partial charge in [0, 0.05) is 9.89 Å². The third-order valence-electron chi connectivity index (χ3n) is 4.96. The quantitative estimate of drug-likeness (QED) is 0.459. The molecule has 0 spiro atoms. The highest BCUT2D eigenvalue weighted by Gasteiger charge is 2.35. The third-order valence-corrected chi connectivity index (χ3v) is 5.45. The van der Waals surface area contributed by atoms with Crippen molar-refractivity contribution in [2.24, 2.45) is 0 Å². The fraction of sp³-hybridized carbons (Fsp3) is 0.130. The summed E-state index contributed by atoms with van der Waals surface area (Å²) >= 11 is 3.60. The Hall–Kier alpha value is -2.32. The molecule has 0 saturated heterocycles. The number of rotatable bonds is 3. The summed E-state index contributed by atoms with van der Waals surface area (Å²) in [5.41, 5.74) is 6.31. The van der Waals surface area contributed by atoms with Crippen molar-refractivity contribution in [2.45, 2.75) is 19.3 Å². The Kier molecular flexibility index (Phi) is 3.81. The fourth-order valence-corrected chi connectivity index (χ4v) is 3.92. The van der Waals surface area contributed by atoms with E-state index in [1.165, 1.54) is 22.3 Å². The summed E-state index contributed by atoms with van der Waals surface area (Å²) < 4.78 is 7.19. The molecule has 1 nitrogen and oxygen atoms in total. The summed E-state index contributed by atoms with van der Waals surface area (Å²) in [4.78, 5) is 0. The van der Waals surface area contributed by atoms with E-state index in [2.05, 4.69) is 66.7 Å². The van der Waals surface area contributed by atoms with Crippen molar-refractivity contribution in [3.8, 4) is 22.6 Å². The highest BCUT2D eigenvalue weighted by atomic mass is 79.9. The van der Waals surface area contributed by atoms with Gasteiger partial charge in [-0.2, -0.15) is 0 Å². The van der Waals surface area contributed by atoms with Crippen LogP contribution in [0.5, 0.6) is 11.5 Å². The lowest BCUT2D eigenvalue weighted by Crippen LogP contribution is -2.15. The molecule has 2 heteroatoms. The number of benzene rings is 3. The van der Waals surface area contributed by atoms with Gasteiger partial charge in [-0.25, -0.2) is 0 Å². The second-order valence-electron chi connectivity index (χ2n) is 6.90. The number of hydrogen-bond acceptors (Lipinski definition) is 1. The zero-order valence-electron chi connectivity index (χ0n) is 14.3. The predicted molar refractivity (Wildman–Crippen MR) is 108 cm³/mol. The maximum absolute atomic E-state index is 6.08. The van der Waals surface area contributed by atoms with Crippen LogP contribution in [0.25, 0.3) is 17.2 Å². The normalized spacial score (nSPS) is 13.9. The van der Waals surface area contributed by atoms with Gasteiger partial charge in [0.05, 0.1) is 0 Å². The van der Waals surface area contributed by atoms with E-state index in [1.807, 2.05) is 36.4 Å². The van der Waals surface area contributed by atoms with E-state index in [0.29, 0.717) is 0 Å². The van der Waals surface area contributed by atoms with E-state index in [4.69, 9.17) is 4.74 Å². The molecule has 0 aliphatic heterocycles. The molecule has 0 aromatic heterocycles. The van der Waals surface area contributed by atoms with Crippen LogP contribution in [-0.2, 0) is 5.41 Å². The minimum absolute atomic E-state index is 0.0412. The average Bonchev–Trinajstić information content (AvgIpc) is 2.83. The van der Waals surface area contributed by atoms with Crippen LogP contribution in [0.15, 0.2) is 71.7 Å². The highest BCUT2D eigenvalue weighted by molar-refractivity contribution is 9.10. The van der Waals surface area contributed by atoms with Gasteiger partial charge in [-0.05, 0) is 64.2 Å². The molecule has 3 aromatic rings. The van der Waals surface area contributed by atoms with Gasteiger partial charge in [0.2, 0.25) is 0 Å². The van der Waals surface area contributed by atoms with Gasteiger partial charge in [0.1, 0.15) is 11.5 Å². The van der Waals surface area contributed by atoms with E-state index in [-0.39, 0.29) is 5.41 Å². The monoisotopic (exact) mass is 390 g/mol. The molecule has 0 fully saturated rings. The molecule has 1 aliphatic rings. The number of halogens is 1. The third kappa shape index (κ3) is 2.71. The van der Waals surface area contributed by atoms with Gasteiger partial charge in [-0.15, -0.1) is 0 Å². The number of fused-ring (bicyclic) bond motifs is 3. The smallest absolute Gasteiger partial charge is 0.127 e. The van der Waals surface area contributed by atoms with E-state index >= 15 is 0 Å². The van der Waals surface area contributed by atoms with Gasteiger partial charge in [-0.3, -0.25) is 0 Å². The lowest BCUT2D eigenvalue weighted by Gasteiger charge is -2.22. The van der Waals surface area contributed by atoms with Crippen molar-refractivity contribution in [3.05, 3.63) is 88.4 Å². The maximum Gasteiger partial charge on any atom is 0.127 e. The lowest BCUT2D eigenvalue weighted by atomic mass is 9.82. The molecule has 0 amide bonds. The van der Waals surface area contributed by atoms with Crippen LogP contribution in [0, 0.1) is 0 Å². The molecular formula is C23H19BrO. The Balaban J connectivity index is 1.72. The first-order chi connectivity index (χ1) is 12.0. The second kappa shape index (κ2) is 5.89. The summed E-state index contributed by atoms with van der Waals surface area (Å²) in [5.74, 6) is 1.70. The molecule has 124 valence electrons. The van der Waals surface area contributed by atoms with Crippen molar-refractivity contribution >= 4 is 22.0 Å². The Morgan fingerprint density at radius 3 is 2.12 bits per heavy atom. The molecule has 0 radical (unpaired) electrons. The molecule has 1 aliphatic carbocycles. The number of hydrogen-bond donors (Lipinski definition) is 0. The minimum atomic E-state index is -0.0412. The molecule has 4 rings (SSSR count). The van der Waals surface area contributed by atoms with Crippen LogP contribution < -0.4 is 4.74 Å². The largest absolute Gasteiger partial charge is 0.457 e. The molecule has 0 unspecified atom stereocenters. The molecule has 0 atom stereocenters. The lowest BCUT2D eigenvalue weighted by molar-refractivity contribution is 0.480. The molecular weight excluding hydrogens is 372 g/mol. The van der Waals surface area contributed by atoms with Crippen molar-refractivity contribution in [1.29, 1.82) is 0 Å². The number of ether oxygens (including phenoxy) is 1. The van der Waals surface area contributed by atoms with Crippen LogP contribution >= 0.6 is 15.9 Å². The summed E-state index contributed by atoms with van der Waals surface area (Å²) in [5, 5.41) is 0. The molecule has 0 heterocycles. The van der Waals surface area contributed by atoms with E-state index < -0.39 is 0 Å². The molecule has 0 saturated carbocycles. The Labute approximate surface area is 157 Å². The van der Waals surface area contributed by atoms with Crippen molar-refractivity contribution in [1.82, 2.24) is 0 Å². The Morgan fingerprint density at radius 1 is 0.840 bits per heavy atom. The molecule has 3 aromatic carbocycles. The van der Waals surface area contributed by atoms with E-state index in [1.54, 1.807) is 0 Å². The molecule has 0 bridgehead atoms. The average molecular weight is 391 g/mol. The maximum atomic E-state index is 6.08. The van der Waals surface area contributed by atoms with Gasteiger partial charge < -0.3 is 4.74 Å². The van der Waals surface area contributed by atoms with Crippen LogP contribution in [0.4, 0.5) is 0 Å². The van der Waals surface area contributed by atoms with Crippen molar-refractivity contribution < 1.29 is 4.74 Å². The van der Waals surface area contributed by atoms with E-state index in [0.717, 1.165) is 21.5 Å². The van der Waals surface area contributed by atoms with E-state index in [9.17, 15) is 0 Å². The second-order valence-corrected chi connectivity index (χ2v) is 7.81. The standard InChI is InChI=1S/C23H19BrO/c1-4-15-5-8-17(9-6-15)25-18-10-12-20-19-11-7-16(24)13-21(19)23(2,3)22(20)14-18/h4-14H,1H2,2-3H3. The molecule has 0 N–H and O–H groups in total.